The van der Waals surface area contributed by atoms with E-state index in [1.54, 1.807) is 110 Å². The molecular formula is C103H89FN16O22. The predicted molar refractivity (Wildman–Crippen MR) is 502 cm³/mol. The molecule has 0 saturated carbocycles. The Balaban J connectivity index is 0.000000136. The van der Waals surface area contributed by atoms with Gasteiger partial charge in [0.1, 0.15) is 45.4 Å². The van der Waals surface area contributed by atoms with E-state index in [0.29, 0.717) is 110 Å². The molecule has 142 heavy (non-hydrogen) atoms. The number of benzene rings is 7. The second-order valence-electron chi connectivity index (χ2n) is 34.5. The van der Waals surface area contributed by atoms with E-state index in [1.807, 2.05) is 24.3 Å². The van der Waals surface area contributed by atoms with Crippen LogP contribution in [0.25, 0.3) is 11.2 Å². The molecular weight excluding hydrogens is 1830 g/mol. The zero-order valence-electron chi connectivity index (χ0n) is 77.1. The molecule has 10 aromatic rings. The maximum atomic E-state index is 13.3. The average Bonchev–Trinajstić information content (AvgIpc) is 1.63. The number of piperidine rings is 1. The van der Waals surface area contributed by atoms with E-state index in [1.165, 1.54) is 97.0 Å². The molecule has 12 heterocycles. The van der Waals surface area contributed by atoms with Crippen LogP contribution in [0.15, 0.2) is 196 Å². The van der Waals surface area contributed by atoms with Crippen molar-refractivity contribution in [1.82, 2.24) is 71.4 Å². The third-order valence-corrected chi connectivity index (χ3v) is 25.0. The number of aromatic nitrogens is 3. The molecule has 39 heteroatoms. The highest BCUT2D eigenvalue weighted by Crippen LogP contribution is 2.38. The van der Waals surface area contributed by atoms with Crippen molar-refractivity contribution in [1.29, 1.82) is 0 Å². The number of hydrogen-bond acceptors (Lipinski definition) is 27. The molecule has 19 rings (SSSR count). The summed E-state index contributed by atoms with van der Waals surface area (Å²) in [7, 11) is 8.15. The highest BCUT2D eigenvalue weighted by atomic mass is 19.1. The van der Waals surface area contributed by atoms with Crippen LogP contribution >= 0.6 is 0 Å². The number of carbonyl (C=O) groups is 13. The number of methoxy groups -OCH3 is 4. The molecule has 0 spiro atoms. The number of nitrogens with one attached hydrogen (secondary N) is 7. The zero-order chi connectivity index (χ0) is 100. The summed E-state index contributed by atoms with van der Waals surface area (Å²) >= 11 is 0. The monoisotopic (exact) mass is 1920 g/mol. The normalized spacial score (nSPS) is 19.7. The lowest BCUT2D eigenvalue weighted by Gasteiger charge is -2.29. The molecule has 720 valence electrons. The molecule has 9 aliphatic heterocycles. The highest BCUT2D eigenvalue weighted by molar-refractivity contribution is 6.14. The summed E-state index contributed by atoms with van der Waals surface area (Å²) in [5.74, 6) is 19.9. The molecule has 14 amide bonds. The van der Waals surface area contributed by atoms with E-state index in [2.05, 4.69) is 116 Å². The molecule has 9 N–H and O–H groups in total. The van der Waals surface area contributed by atoms with Crippen LogP contribution in [0.3, 0.4) is 0 Å². The molecule has 0 radical (unpaired) electrons. The number of hydrogen-bond donors (Lipinski definition) is 9. The second-order valence-corrected chi connectivity index (χ2v) is 34.5. The Bertz CT molecular complexity index is 7290. The number of carbonyl (C=O) groups excluding carboxylic acids is 13. The van der Waals surface area contributed by atoms with Crippen molar-refractivity contribution in [3.63, 3.8) is 0 Å². The Morgan fingerprint density at radius 3 is 1.27 bits per heavy atom. The van der Waals surface area contributed by atoms with Crippen molar-refractivity contribution >= 4 is 99.8 Å². The minimum absolute atomic E-state index is 0.0383. The molecule has 7 aromatic carbocycles. The van der Waals surface area contributed by atoms with Crippen LogP contribution in [0, 0.1) is 69.9 Å². The number of esters is 1. The lowest BCUT2D eigenvalue weighted by molar-refractivity contribution is -0.142. The second kappa shape index (κ2) is 41.1. The van der Waals surface area contributed by atoms with Gasteiger partial charge in [-0.25, -0.2) is 23.8 Å². The van der Waals surface area contributed by atoms with Crippen LogP contribution in [0.5, 0.6) is 23.0 Å². The number of H-pyrrole nitrogens is 1. The summed E-state index contributed by atoms with van der Waals surface area (Å²) in [4.78, 5) is 194. The SMILES string of the molecule is CCOC(=O)Cc1cncc(C#C[C@]2(CN3Cc4ccc(OC)cc4C3=O)CC(=O)NC2=O)c1.COc1ccc2c(c1)C(=O)N(C[C@@]1(C#Cc3ccc(C(=NO)C4CCN(C)CC4)cc3)NC(=O)NC1=O)C2.COc1ccc2c(c1)C(=O)N(C[C@@]1(C#Cc3ccc(C(=NO)c4ccc(F)cc4)cc3)NC(=O)NC1=O)C2.COc1ccc2c(c1)C(=O)N(C[C@@]1(C#Cc3cnc4[nH]c(=O)oc4c3)CC(=O)NC1=O)C2. The van der Waals surface area contributed by atoms with E-state index in [4.69, 9.17) is 28.1 Å². The number of urea groups is 2. The molecule has 3 aromatic heterocycles. The molecule has 0 unspecified atom stereocenters. The summed E-state index contributed by atoms with van der Waals surface area (Å²) in [5.41, 5.74) is 5.03. The van der Waals surface area contributed by atoms with Gasteiger partial charge >= 0.3 is 23.8 Å². The first-order valence-electron chi connectivity index (χ1n) is 44.4. The van der Waals surface area contributed by atoms with Gasteiger partial charge in [-0.2, -0.15) is 0 Å². The van der Waals surface area contributed by atoms with Crippen LogP contribution in [-0.2, 0) is 70.9 Å². The van der Waals surface area contributed by atoms with Gasteiger partial charge in [-0.05, 0) is 176 Å². The number of halogens is 1. The lowest BCUT2D eigenvalue weighted by Crippen LogP contribution is -2.54. The molecule has 4 atom stereocenters. The number of ether oxygens (including phenoxy) is 5. The highest BCUT2D eigenvalue weighted by Gasteiger charge is 2.53. The number of rotatable bonds is 19. The average molecular weight is 1920 g/mol. The van der Waals surface area contributed by atoms with Crippen LogP contribution in [0.1, 0.15) is 141 Å². The number of imide groups is 4. The van der Waals surface area contributed by atoms with Gasteiger partial charge in [0, 0.05) is 125 Å². The standard InChI is InChI=1S/C28H21FN4O5.C28H29N5O5.C25H23N3O6.C22H16N4O6/c1-38-22-11-8-20-15-33(25(34)23(20)14-22)16-28(26(35)30-27(36)31-28)13-12-17-2-4-18(5-3-17)24(32-37)19-6-9-21(29)10-7-19;1-32-13-10-20(11-14-32)24(31-37)19-5-3-18(4-6-19)9-12-28(26(35)29-27(36)30-28)17-33-16-21-7-8-22(38-2)15-23(21)25(33)34;1-3-34-22(30)9-17-8-16(12-26-13-17)6-7-25(11-21(29)27-24(25)32)15-28-14-18-4-5-19(33-2)10-20(18)23(28)31;1-31-14-3-2-13-10-26(19(28)15(13)7-14)11-22(8-17(27)24-20(22)29)5-4-12-6-16-18(23-9-12)25-21(30)32-16/h2-11,14,37H,15-16H2,1H3,(H2,30,31,35,36);3-8,15,20,37H,10-11,13-14,16-17H2,1-2H3,(H2,29,30,35,36);4-5,8,10,12-13H,3,9,11,14-15H2,1-2H3,(H,27,29,32);2-3,6-7,9H,8,10-11H2,1H3,(H,23,25,30)(H,24,27,29)/t2*28-;25-;22-/m1111/s1. The largest absolute Gasteiger partial charge is 0.497 e. The Morgan fingerprint density at radius 2 is 0.887 bits per heavy atom. The summed E-state index contributed by atoms with van der Waals surface area (Å²) < 4.78 is 44.0. The third kappa shape index (κ3) is 20.9. The molecule has 38 nitrogen and oxygen atoms in total. The number of oxime groups is 2. The van der Waals surface area contributed by atoms with Gasteiger partial charge in [0.2, 0.25) is 34.7 Å². The molecule has 5 fully saturated rings. The summed E-state index contributed by atoms with van der Waals surface area (Å²) in [6, 6.07) is 42.1. The Hall–Kier alpha value is -18.1. The van der Waals surface area contributed by atoms with Gasteiger partial charge in [-0.15, -0.1) is 0 Å². The summed E-state index contributed by atoms with van der Waals surface area (Å²) in [6.07, 6.45) is 6.03. The maximum absolute atomic E-state index is 13.3. The number of likely N-dealkylation sites (tertiary alicyclic amines) is 1. The van der Waals surface area contributed by atoms with Gasteiger partial charge < -0.3 is 73.6 Å². The van der Waals surface area contributed by atoms with Crippen LogP contribution in [0.4, 0.5) is 14.0 Å². The minimum Gasteiger partial charge on any atom is -0.497 e. The fourth-order valence-electron chi connectivity index (χ4n) is 17.6. The fourth-order valence-corrected chi connectivity index (χ4v) is 17.6. The Kier molecular flexibility index (Phi) is 28.0. The topological polar surface area (TPSA) is 493 Å². The summed E-state index contributed by atoms with van der Waals surface area (Å²) in [6.45, 7) is 4.69. The number of oxazole rings is 1. The summed E-state index contributed by atoms with van der Waals surface area (Å²) in [5, 5.41) is 40.3. The number of amides is 14. The van der Waals surface area contributed by atoms with Crippen molar-refractivity contribution in [2.45, 2.75) is 76.3 Å². The molecule has 0 aliphatic carbocycles. The van der Waals surface area contributed by atoms with E-state index in [0.717, 1.165) is 53.7 Å². The smallest absolute Gasteiger partial charge is 0.418 e. The van der Waals surface area contributed by atoms with E-state index in [-0.39, 0.29) is 111 Å². The van der Waals surface area contributed by atoms with Crippen molar-refractivity contribution in [3.05, 3.63) is 282 Å². The van der Waals surface area contributed by atoms with Crippen LogP contribution in [0.2, 0.25) is 0 Å². The number of aromatic amines is 1. The fraction of sp³-hybridized carbons (Fsp3) is 0.262. The van der Waals surface area contributed by atoms with Gasteiger partial charge in [-0.1, -0.05) is 106 Å². The van der Waals surface area contributed by atoms with Gasteiger partial charge in [-0.3, -0.25) is 84.0 Å². The number of fused-ring (bicyclic) bond motifs is 5. The van der Waals surface area contributed by atoms with Gasteiger partial charge in [0.05, 0.1) is 73.1 Å². The first-order valence-corrected chi connectivity index (χ1v) is 44.4. The quantitative estimate of drug-likeness (QED) is 0.00821. The Morgan fingerprint density at radius 1 is 0.479 bits per heavy atom. The van der Waals surface area contributed by atoms with Gasteiger partial charge in [0.25, 0.3) is 35.4 Å². The zero-order valence-corrected chi connectivity index (χ0v) is 77.1. The van der Waals surface area contributed by atoms with Crippen molar-refractivity contribution in [3.8, 4) is 70.4 Å². The van der Waals surface area contributed by atoms with E-state index < -0.39 is 81.0 Å². The van der Waals surface area contributed by atoms with Crippen molar-refractivity contribution < 1.29 is 105 Å². The minimum atomic E-state index is -1.65. The van der Waals surface area contributed by atoms with Crippen molar-refractivity contribution in [2.75, 3.05) is 81.4 Å². The molecule has 9 aliphatic rings. The molecule has 0 bridgehead atoms. The van der Waals surface area contributed by atoms with E-state index in [9.17, 15) is 81.9 Å². The first kappa shape index (κ1) is 97.0. The van der Waals surface area contributed by atoms with Crippen LogP contribution in [-0.4, -0.2) is 231 Å². The van der Waals surface area contributed by atoms with Gasteiger partial charge in [0.15, 0.2) is 11.2 Å². The third-order valence-electron chi connectivity index (χ3n) is 25.0. The molecule has 5 saturated heterocycles. The van der Waals surface area contributed by atoms with Crippen LogP contribution < -0.4 is 56.6 Å². The lowest BCUT2D eigenvalue weighted by atomic mass is 9.85. The first-order chi connectivity index (χ1) is 68.3. The van der Waals surface area contributed by atoms with E-state index >= 15 is 0 Å². The van der Waals surface area contributed by atoms with Crippen molar-refractivity contribution in [2.24, 2.45) is 27.1 Å². The Labute approximate surface area is 809 Å². The number of pyridine rings is 2. The predicted octanol–water partition coefficient (Wildman–Crippen LogP) is 6.25. The number of nitrogens with zero attached hydrogens (tertiary/aromatic N) is 9. The maximum Gasteiger partial charge on any atom is 0.418 e.